The van der Waals surface area contributed by atoms with Crippen molar-refractivity contribution < 1.29 is 19.1 Å². The molecule has 2 N–H and O–H groups in total. The zero-order valence-electron chi connectivity index (χ0n) is 19.1. The highest BCUT2D eigenvalue weighted by molar-refractivity contribution is 6.01. The third-order valence-electron chi connectivity index (χ3n) is 5.36. The Balaban J connectivity index is 1.59. The van der Waals surface area contributed by atoms with Crippen molar-refractivity contribution in [2.75, 3.05) is 11.9 Å². The van der Waals surface area contributed by atoms with E-state index in [2.05, 4.69) is 22.1 Å². The lowest BCUT2D eigenvalue weighted by molar-refractivity contribution is -0.142. The van der Waals surface area contributed by atoms with Gasteiger partial charge in [-0.15, -0.1) is 0 Å². The molecule has 33 heavy (non-hydrogen) atoms. The molecular weight excluding hydrogens is 420 g/mol. The van der Waals surface area contributed by atoms with Gasteiger partial charge in [-0.1, -0.05) is 13.0 Å². The Morgan fingerprint density at radius 3 is 2.67 bits per heavy atom. The van der Waals surface area contributed by atoms with Gasteiger partial charge in [0.05, 0.1) is 0 Å². The maximum absolute atomic E-state index is 12.4. The normalized spacial score (nSPS) is 13.2. The topological polar surface area (TPSA) is 113 Å². The summed E-state index contributed by atoms with van der Waals surface area (Å²) in [7, 11) is 0. The summed E-state index contributed by atoms with van der Waals surface area (Å²) in [5, 5.41) is 14.9. The van der Waals surface area contributed by atoms with E-state index >= 15 is 0 Å². The summed E-state index contributed by atoms with van der Waals surface area (Å²) in [6.07, 6.45) is 4.42. The van der Waals surface area contributed by atoms with Crippen LogP contribution in [-0.2, 0) is 20.9 Å². The zero-order valence-corrected chi connectivity index (χ0v) is 19.1. The summed E-state index contributed by atoms with van der Waals surface area (Å²) in [5.41, 5.74) is 3.43. The number of benzene rings is 1. The Morgan fingerprint density at radius 1 is 1.24 bits per heavy atom. The minimum absolute atomic E-state index is 0.182. The van der Waals surface area contributed by atoms with Crippen molar-refractivity contribution in [3.8, 4) is 6.07 Å². The van der Waals surface area contributed by atoms with Crippen LogP contribution >= 0.6 is 0 Å². The molecule has 0 atom stereocenters. The number of nitrogens with one attached hydrogen (secondary N) is 2. The van der Waals surface area contributed by atoms with Gasteiger partial charge in [0.2, 0.25) is 0 Å². The fourth-order valence-corrected chi connectivity index (χ4v) is 3.47. The van der Waals surface area contributed by atoms with E-state index in [1.54, 1.807) is 24.3 Å². The number of nitriles is 1. The highest BCUT2D eigenvalue weighted by atomic mass is 16.5. The van der Waals surface area contributed by atoms with Crippen molar-refractivity contribution in [1.82, 2.24) is 9.88 Å². The van der Waals surface area contributed by atoms with Crippen molar-refractivity contribution in [1.29, 1.82) is 5.26 Å². The number of rotatable bonds is 9. The van der Waals surface area contributed by atoms with Gasteiger partial charge in [0, 0.05) is 35.2 Å². The number of ether oxygens (including phenoxy) is 1. The summed E-state index contributed by atoms with van der Waals surface area (Å²) in [5.74, 6) is -1.63. The smallest absolute Gasteiger partial charge is 0.349 e. The lowest BCUT2D eigenvalue weighted by Gasteiger charge is -2.09. The van der Waals surface area contributed by atoms with Crippen molar-refractivity contribution in [3.05, 3.63) is 58.4 Å². The van der Waals surface area contributed by atoms with Gasteiger partial charge in [-0.25, -0.2) is 4.79 Å². The predicted octanol–water partition coefficient (Wildman–Crippen LogP) is 3.50. The molecule has 0 aliphatic heterocycles. The number of aromatic nitrogens is 1. The minimum Gasteiger partial charge on any atom is -0.451 e. The summed E-state index contributed by atoms with van der Waals surface area (Å²) in [4.78, 5) is 36.8. The van der Waals surface area contributed by atoms with Crippen LogP contribution in [-0.4, -0.2) is 35.0 Å². The van der Waals surface area contributed by atoms with E-state index in [4.69, 9.17) is 4.74 Å². The number of esters is 1. The van der Waals surface area contributed by atoms with Crippen LogP contribution < -0.4 is 10.6 Å². The van der Waals surface area contributed by atoms with Crippen LogP contribution in [0.2, 0.25) is 0 Å². The molecule has 8 nitrogen and oxygen atoms in total. The summed E-state index contributed by atoms with van der Waals surface area (Å²) < 4.78 is 7.16. The second-order valence-electron chi connectivity index (χ2n) is 8.10. The largest absolute Gasteiger partial charge is 0.451 e. The van der Waals surface area contributed by atoms with Crippen LogP contribution in [0.5, 0.6) is 0 Å². The van der Waals surface area contributed by atoms with Crippen molar-refractivity contribution in [2.24, 2.45) is 0 Å². The summed E-state index contributed by atoms with van der Waals surface area (Å²) >= 11 is 0. The van der Waals surface area contributed by atoms with Crippen LogP contribution in [0.4, 0.5) is 5.69 Å². The zero-order chi connectivity index (χ0) is 24.0. The van der Waals surface area contributed by atoms with Gasteiger partial charge in [0.15, 0.2) is 6.61 Å². The number of amides is 2. The van der Waals surface area contributed by atoms with Crippen LogP contribution in [0, 0.1) is 25.2 Å². The van der Waals surface area contributed by atoms with E-state index in [0.29, 0.717) is 11.3 Å². The van der Waals surface area contributed by atoms with Gasteiger partial charge in [-0.05, 0) is 69.0 Å². The SMILES string of the molecule is CCCn1c(C)cc(/C=C(\C#N)C(=O)OCC(=O)Nc2cccc(C(=O)NC3CC3)c2)c1C. The maximum atomic E-state index is 12.4. The Kier molecular flexibility index (Phi) is 7.67. The summed E-state index contributed by atoms with van der Waals surface area (Å²) in [6, 6.07) is 10.5. The molecule has 1 aromatic heterocycles. The maximum Gasteiger partial charge on any atom is 0.349 e. The van der Waals surface area contributed by atoms with E-state index in [1.165, 1.54) is 6.08 Å². The number of carbonyl (C=O) groups excluding carboxylic acids is 3. The third-order valence-corrected chi connectivity index (χ3v) is 5.36. The Morgan fingerprint density at radius 2 is 2.00 bits per heavy atom. The predicted molar refractivity (Wildman–Crippen MR) is 124 cm³/mol. The van der Waals surface area contributed by atoms with Crippen LogP contribution in [0.1, 0.15) is 53.5 Å². The molecule has 1 aliphatic rings. The lowest BCUT2D eigenvalue weighted by Crippen LogP contribution is -2.25. The van der Waals surface area contributed by atoms with Crippen molar-refractivity contribution >= 4 is 29.5 Å². The molecule has 0 radical (unpaired) electrons. The van der Waals surface area contributed by atoms with Gasteiger partial charge in [0.1, 0.15) is 11.6 Å². The molecule has 0 unspecified atom stereocenters. The molecule has 1 aromatic carbocycles. The molecule has 3 rings (SSSR count). The number of hydrogen-bond donors (Lipinski definition) is 2. The van der Waals surface area contributed by atoms with E-state index in [1.807, 2.05) is 26.0 Å². The fraction of sp³-hybridized carbons (Fsp3) is 0.360. The molecule has 1 saturated carbocycles. The first-order valence-electron chi connectivity index (χ1n) is 11.0. The highest BCUT2D eigenvalue weighted by Crippen LogP contribution is 2.20. The molecule has 2 aromatic rings. The Bertz CT molecular complexity index is 1140. The van der Waals surface area contributed by atoms with Crippen molar-refractivity contribution in [3.63, 3.8) is 0 Å². The molecule has 172 valence electrons. The van der Waals surface area contributed by atoms with E-state index < -0.39 is 18.5 Å². The summed E-state index contributed by atoms with van der Waals surface area (Å²) in [6.45, 7) is 6.28. The molecule has 0 saturated heterocycles. The minimum atomic E-state index is -0.870. The molecule has 1 aliphatic carbocycles. The van der Waals surface area contributed by atoms with E-state index in [0.717, 1.165) is 42.8 Å². The van der Waals surface area contributed by atoms with E-state index in [9.17, 15) is 19.6 Å². The average Bonchev–Trinajstić information content (AvgIpc) is 3.57. The first-order valence-corrected chi connectivity index (χ1v) is 11.0. The van der Waals surface area contributed by atoms with Gasteiger partial charge >= 0.3 is 5.97 Å². The van der Waals surface area contributed by atoms with Crippen LogP contribution in [0.3, 0.4) is 0 Å². The van der Waals surface area contributed by atoms with Gasteiger partial charge in [-0.3, -0.25) is 9.59 Å². The second kappa shape index (κ2) is 10.6. The molecule has 0 bridgehead atoms. The van der Waals surface area contributed by atoms with Gasteiger partial charge in [-0.2, -0.15) is 5.26 Å². The number of carbonyl (C=O) groups is 3. The lowest BCUT2D eigenvalue weighted by atomic mass is 10.1. The fourth-order valence-electron chi connectivity index (χ4n) is 3.47. The van der Waals surface area contributed by atoms with Crippen LogP contribution in [0.15, 0.2) is 35.9 Å². The van der Waals surface area contributed by atoms with Gasteiger partial charge < -0.3 is 19.9 Å². The first kappa shape index (κ1) is 23.8. The average molecular weight is 449 g/mol. The first-order chi connectivity index (χ1) is 15.8. The molecule has 0 spiro atoms. The molecular formula is C25H28N4O4. The van der Waals surface area contributed by atoms with Crippen LogP contribution in [0.25, 0.3) is 6.08 Å². The second-order valence-corrected chi connectivity index (χ2v) is 8.10. The number of anilines is 1. The molecule has 1 fully saturated rings. The Hall–Kier alpha value is -3.86. The van der Waals surface area contributed by atoms with Gasteiger partial charge in [0.25, 0.3) is 11.8 Å². The number of hydrogen-bond acceptors (Lipinski definition) is 5. The number of nitrogens with zero attached hydrogens (tertiary/aromatic N) is 2. The highest BCUT2D eigenvalue weighted by Gasteiger charge is 2.24. The van der Waals surface area contributed by atoms with Crippen molar-refractivity contribution in [2.45, 2.75) is 52.6 Å². The monoisotopic (exact) mass is 448 g/mol. The number of aryl methyl sites for hydroxylation is 1. The molecule has 8 heteroatoms. The Labute approximate surface area is 193 Å². The quantitative estimate of drug-likeness (QED) is 0.346. The standard InChI is InChI=1S/C25H28N4O4/c1-4-10-29-16(2)11-19(17(29)3)12-20(14-26)25(32)33-15-23(30)27-22-7-5-6-18(13-22)24(31)28-21-8-9-21/h5-7,11-13,21H,4,8-10,15H2,1-3H3,(H,27,30)(H,28,31)/b20-12+. The third kappa shape index (κ3) is 6.32. The molecule has 1 heterocycles. The molecule has 2 amide bonds. The van der Waals surface area contributed by atoms with E-state index in [-0.39, 0.29) is 17.5 Å².